The molecule has 0 bridgehead atoms. The fourth-order valence-corrected chi connectivity index (χ4v) is 2.54. The van der Waals surface area contributed by atoms with Crippen LogP contribution < -0.4 is 5.46 Å². The van der Waals surface area contributed by atoms with Gasteiger partial charge in [-0.05, 0) is 17.2 Å². The summed E-state index contributed by atoms with van der Waals surface area (Å²) in [5.74, 6) is 0.285. The summed E-state index contributed by atoms with van der Waals surface area (Å²) in [5.41, 5.74) is 2.12. The summed E-state index contributed by atoms with van der Waals surface area (Å²) in [5, 5.41) is 2.30. The molecule has 19 heavy (non-hydrogen) atoms. The zero-order valence-electron chi connectivity index (χ0n) is 11.9. The lowest BCUT2D eigenvalue weighted by Crippen LogP contribution is -2.08. The molecule has 0 heterocycles. The molecule has 0 radical (unpaired) electrons. The van der Waals surface area contributed by atoms with Crippen LogP contribution in [0.2, 0.25) is 6.32 Å². The third-order valence-corrected chi connectivity index (χ3v) is 3.70. The maximum atomic E-state index is 12.3. The van der Waals surface area contributed by atoms with Crippen LogP contribution in [0.3, 0.4) is 0 Å². The number of fused-ring (bicyclic) bond motifs is 1. The lowest BCUT2D eigenvalue weighted by molar-refractivity contribution is 0.0981. The molecule has 3 heteroatoms. The van der Waals surface area contributed by atoms with Crippen molar-refractivity contribution in [1.82, 2.24) is 0 Å². The Kier molecular flexibility index (Phi) is 4.84. The molecule has 2 rings (SSSR count). The Labute approximate surface area is 117 Å². The van der Waals surface area contributed by atoms with Crippen molar-refractivity contribution in [1.29, 1.82) is 0 Å². The van der Waals surface area contributed by atoms with E-state index in [4.69, 9.17) is 0 Å². The Balaban J connectivity index is 2.20. The van der Waals surface area contributed by atoms with Gasteiger partial charge in [0.1, 0.15) is 15.7 Å². The van der Waals surface area contributed by atoms with E-state index < -0.39 is 0 Å². The molecule has 1 nitrogen and oxygen atoms in total. The normalized spacial score (nSPS) is 10.7. The number of carbonyl (C=O) groups excluding carboxylic acids is 1. The SMILES string of the molecule is BCCCCCC(=O)c1ccc(B)c2ccccc12. The van der Waals surface area contributed by atoms with Gasteiger partial charge in [0, 0.05) is 12.0 Å². The third kappa shape index (κ3) is 3.28. The average Bonchev–Trinajstić information content (AvgIpc) is 2.44. The molecule has 0 unspecified atom stereocenters. The molecule has 0 aliphatic carbocycles. The molecule has 2 aromatic carbocycles. The molecule has 96 valence electrons. The van der Waals surface area contributed by atoms with Gasteiger partial charge < -0.3 is 0 Å². The fourth-order valence-electron chi connectivity index (χ4n) is 2.54. The van der Waals surface area contributed by atoms with Crippen LogP contribution in [0.15, 0.2) is 36.4 Å². The van der Waals surface area contributed by atoms with Gasteiger partial charge in [-0.3, -0.25) is 4.79 Å². The Hall–Kier alpha value is -1.50. The minimum absolute atomic E-state index is 0.285. The molecule has 0 aliphatic rings. The van der Waals surface area contributed by atoms with Gasteiger partial charge in [-0.1, -0.05) is 61.0 Å². The average molecular weight is 250 g/mol. The summed E-state index contributed by atoms with van der Waals surface area (Å²) in [6, 6.07) is 12.2. The van der Waals surface area contributed by atoms with E-state index in [1.165, 1.54) is 23.6 Å². The van der Waals surface area contributed by atoms with Crippen LogP contribution in [0, 0.1) is 0 Å². The van der Waals surface area contributed by atoms with Crippen molar-refractivity contribution in [2.24, 2.45) is 0 Å². The van der Waals surface area contributed by atoms with Crippen LogP contribution in [0.4, 0.5) is 0 Å². The lowest BCUT2D eigenvalue weighted by Gasteiger charge is -2.08. The fraction of sp³-hybridized carbons (Fsp3) is 0.312. The van der Waals surface area contributed by atoms with Gasteiger partial charge in [0.25, 0.3) is 0 Å². The van der Waals surface area contributed by atoms with E-state index in [1.807, 2.05) is 18.2 Å². The molecule has 0 atom stereocenters. The van der Waals surface area contributed by atoms with E-state index in [2.05, 4.69) is 33.9 Å². The van der Waals surface area contributed by atoms with Crippen LogP contribution in [0.25, 0.3) is 10.8 Å². The number of carbonyl (C=O) groups is 1. The van der Waals surface area contributed by atoms with Crippen LogP contribution in [-0.4, -0.2) is 21.5 Å². The van der Waals surface area contributed by atoms with Crippen molar-refractivity contribution in [3.63, 3.8) is 0 Å². The van der Waals surface area contributed by atoms with E-state index in [0.717, 1.165) is 23.8 Å². The van der Waals surface area contributed by atoms with Crippen molar-refractivity contribution in [2.75, 3.05) is 0 Å². The molecule has 0 saturated carbocycles. The Morgan fingerprint density at radius 2 is 1.68 bits per heavy atom. The molecule has 0 aromatic heterocycles. The van der Waals surface area contributed by atoms with Crippen LogP contribution in [-0.2, 0) is 0 Å². The number of benzene rings is 2. The van der Waals surface area contributed by atoms with Crippen molar-refractivity contribution >= 4 is 37.7 Å². The number of rotatable bonds is 6. The summed E-state index contributed by atoms with van der Waals surface area (Å²) in [7, 11) is 4.28. The molecule has 0 aliphatic heterocycles. The highest BCUT2D eigenvalue weighted by Crippen LogP contribution is 2.19. The third-order valence-electron chi connectivity index (χ3n) is 3.70. The maximum Gasteiger partial charge on any atom is 0.163 e. The Morgan fingerprint density at radius 1 is 0.947 bits per heavy atom. The first-order valence-electron chi connectivity index (χ1n) is 7.25. The van der Waals surface area contributed by atoms with Crippen molar-refractivity contribution in [3.05, 3.63) is 42.0 Å². The van der Waals surface area contributed by atoms with Crippen molar-refractivity contribution in [2.45, 2.75) is 32.0 Å². The summed E-state index contributed by atoms with van der Waals surface area (Å²) < 4.78 is 0. The second-order valence-electron chi connectivity index (χ2n) is 5.21. The van der Waals surface area contributed by atoms with Gasteiger partial charge in [-0.2, -0.15) is 0 Å². The Bertz CT molecular complexity index is 578. The van der Waals surface area contributed by atoms with Gasteiger partial charge in [0.15, 0.2) is 5.78 Å². The summed E-state index contributed by atoms with van der Waals surface area (Å²) >= 11 is 0. The molecule has 0 N–H and O–H groups in total. The number of unbranched alkanes of at least 4 members (excludes halogenated alkanes) is 2. The van der Waals surface area contributed by atoms with E-state index >= 15 is 0 Å². The monoisotopic (exact) mass is 250 g/mol. The standard InChI is InChI=1S/C16H20B2O/c17-11-5-1-2-8-16(19)14-9-10-15(18)13-7-4-3-6-12(13)14/h3-4,6-7,9-10H,1-2,5,8,11,17-18H2. The molecule has 0 spiro atoms. The van der Waals surface area contributed by atoms with E-state index in [1.54, 1.807) is 0 Å². The van der Waals surface area contributed by atoms with Gasteiger partial charge in [-0.15, -0.1) is 0 Å². The maximum absolute atomic E-state index is 12.3. The summed E-state index contributed by atoms with van der Waals surface area (Å²) in [6.07, 6.45) is 5.28. The van der Waals surface area contributed by atoms with Gasteiger partial charge >= 0.3 is 0 Å². The van der Waals surface area contributed by atoms with Gasteiger partial charge in [0.05, 0.1) is 0 Å². The lowest BCUT2D eigenvalue weighted by atomic mass is 9.86. The Morgan fingerprint density at radius 3 is 2.42 bits per heavy atom. The number of hydrogen-bond donors (Lipinski definition) is 0. The molecule has 2 aromatic rings. The van der Waals surface area contributed by atoms with Crippen LogP contribution in [0.1, 0.15) is 36.0 Å². The second kappa shape index (κ2) is 6.60. The van der Waals surface area contributed by atoms with Gasteiger partial charge in [0.2, 0.25) is 0 Å². The largest absolute Gasteiger partial charge is 0.294 e. The molecular weight excluding hydrogens is 230 g/mol. The first kappa shape index (κ1) is 13.9. The number of Topliss-reactive ketones (excluding diaryl/α,β-unsaturated/α-hetero) is 1. The minimum atomic E-state index is 0.285. The smallest absolute Gasteiger partial charge is 0.163 e. The quantitative estimate of drug-likeness (QED) is 0.434. The van der Waals surface area contributed by atoms with Crippen LogP contribution in [0.5, 0.6) is 0 Å². The topological polar surface area (TPSA) is 17.1 Å². The number of ketones is 1. The van der Waals surface area contributed by atoms with E-state index in [9.17, 15) is 4.79 Å². The van der Waals surface area contributed by atoms with E-state index in [-0.39, 0.29) is 5.78 Å². The highest BCUT2D eigenvalue weighted by molar-refractivity contribution is 6.39. The van der Waals surface area contributed by atoms with Crippen molar-refractivity contribution < 1.29 is 4.79 Å². The predicted octanol–water partition coefficient (Wildman–Crippen LogP) is 1.89. The van der Waals surface area contributed by atoms with Gasteiger partial charge in [-0.25, -0.2) is 0 Å². The molecule has 0 amide bonds. The van der Waals surface area contributed by atoms with Crippen LogP contribution >= 0.6 is 0 Å². The predicted molar refractivity (Wildman–Crippen MR) is 88.3 cm³/mol. The zero-order chi connectivity index (χ0) is 13.7. The first-order chi connectivity index (χ1) is 9.24. The molecule has 0 fully saturated rings. The first-order valence-corrected chi connectivity index (χ1v) is 7.25. The second-order valence-corrected chi connectivity index (χ2v) is 5.21. The number of hydrogen-bond acceptors (Lipinski definition) is 1. The minimum Gasteiger partial charge on any atom is -0.294 e. The summed E-state index contributed by atoms with van der Waals surface area (Å²) in [6.45, 7) is 0. The summed E-state index contributed by atoms with van der Waals surface area (Å²) in [4.78, 5) is 12.3. The van der Waals surface area contributed by atoms with E-state index in [0.29, 0.717) is 6.42 Å². The highest BCUT2D eigenvalue weighted by atomic mass is 16.1. The molecule has 0 saturated heterocycles. The zero-order valence-corrected chi connectivity index (χ0v) is 11.9. The van der Waals surface area contributed by atoms with Crippen molar-refractivity contribution in [3.8, 4) is 0 Å². The molecular formula is C16H20B2O. The highest BCUT2D eigenvalue weighted by Gasteiger charge is 2.10.